The summed E-state index contributed by atoms with van der Waals surface area (Å²) in [6, 6.07) is 5.90. The van der Waals surface area contributed by atoms with Gasteiger partial charge in [-0.2, -0.15) is 4.98 Å². The molecule has 152 valence electrons. The maximum atomic E-state index is 14.0. The Bertz CT molecular complexity index is 1050. The molecule has 1 saturated heterocycles. The van der Waals surface area contributed by atoms with Crippen molar-refractivity contribution in [1.29, 1.82) is 0 Å². The van der Waals surface area contributed by atoms with Gasteiger partial charge in [0.15, 0.2) is 11.4 Å². The summed E-state index contributed by atoms with van der Waals surface area (Å²) in [5, 5.41) is 4.28. The van der Waals surface area contributed by atoms with E-state index in [4.69, 9.17) is 4.42 Å². The standard InChI is InChI=1S/C19H18F2N4O3S/c20-12-2-1-3-14-16(12)23-19(28-14)25-8-6-22-15(26)4-7-24(9-10-25)18(27)17-13(21)5-11-29-17/h1-3,5,11H,4,6-10H2,(H,22,26). The van der Waals surface area contributed by atoms with Crippen LogP contribution in [0.3, 0.4) is 0 Å². The summed E-state index contributed by atoms with van der Waals surface area (Å²) in [5.41, 5.74) is 0.437. The summed E-state index contributed by atoms with van der Waals surface area (Å²) in [5.74, 6) is -1.74. The molecule has 2 aromatic heterocycles. The van der Waals surface area contributed by atoms with E-state index >= 15 is 0 Å². The zero-order chi connectivity index (χ0) is 20.4. The summed E-state index contributed by atoms with van der Waals surface area (Å²) < 4.78 is 33.5. The summed E-state index contributed by atoms with van der Waals surface area (Å²) >= 11 is 1.02. The molecule has 4 rings (SSSR count). The van der Waals surface area contributed by atoms with Crippen LogP contribution >= 0.6 is 11.3 Å². The molecule has 1 aliphatic rings. The van der Waals surface area contributed by atoms with Crippen molar-refractivity contribution < 1.29 is 22.8 Å². The van der Waals surface area contributed by atoms with Gasteiger partial charge in [0, 0.05) is 39.1 Å². The number of amides is 2. The smallest absolute Gasteiger partial charge is 0.298 e. The summed E-state index contributed by atoms with van der Waals surface area (Å²) in [6.07, 6.45) is 0.132. The molecule has 2 amide bonds. The van der Waals surface area contributed by atoms with E-state index in [1.54, 1.807) is 11.0 Å². The average molecular weight is 420 g/mol. The maximum Gasteiger partial charge on any atom is 0.298 e. The van der Waals surface area contributed by atoms with Gasteiger partial charge in [-0.15, -0.1) is 11.3 Å². The zero-order valence-corrected chi connectivity index (χ0v) is 16.2. The van der Waals surface area contributed by atoms with Crippen LogP contribution in [0.15, 0.2) is 34.1 Å². The number of benzene rings is 1. The van der Waals surface area contributed by atoms with Crippen molar-refractivity contribution in [3.8, 4) is 0 Å². The number of rotatable bonds is 2. The normalized spacial score (nSPS) is 16.1. The van der Waals surface area contributed by atoms with Gasteiger partial charge in [0.05, 0.1) is 0 Å². The van der Waals surface area contributed by atoms with Gasteiger partial charge < -0.3 is 19.5 Å². The average Bonchev–Trinajstić information content (AvgIpc) is 3.33. The van der Waals surface area contributed by atoms with Crippen LogP contribution in [0.5, 0.6) is 0 Å². The Morgan fingerprint density at radius 2 is 2.00 bits per heavy atom. The number of nitrogens with one attached hydrogen (secondary N) is 1. The topological polar surface area (TPSA) is 78.7 Å². The SMILES string of the molecule is O=C1CCN(C(=O)c2sccc2F)CCN(c2nc3c(F)cccc3o2)CCN1. The van der Waals surface area contributed by atoms with Crippen LogP contribution in [0.4, 0.5) is 14.8 Å². The molecule has 0 radical (unpaired) electrons. The fourth-order valence-corrected chi connectivity index (χ4v) is 3.88. The molecule has 1 aromatic carbocycles. The number of hydrogen-bond acceptors (Lipinski definition) is 6. The number of oxazole rings is 1. The number of aromatic nitrogens is 1. The number of hydrogen-bond donors (Lipinski definition) is 1. The van der Waals surface area contributed by atoms with Crippen LogP contribution in [0, 0.1) is 11.6 Å². The molecule has 0 bridgehead atoms. The molecule has 0 saturated carbocycles. The van der Waals surface area contributed by atoms with E-state index in [2.05, 4.69) is 10.3 Å². The molecule has 7 nitrogen and oxygen atoms in total. The molecule has 1 aliphatic heterocycles. The first-order valence-electron chi connectivity index (χ1n) is 9.12. The van der Waals surface area contributed by atoms with E-state index in [0.717, 1.165) is 11.3 Å². The van der Waals surface area contributed by atoms with E-state index in [-0.39, 0.29) is 41.8 Å². The number of nitrogens with zero attached hydrogens (tertiary/aromatic N) is 3. The molecule has 0 atom stereocenters. The molecule has 3 heterocycles. The van der Waals surface area contributed by atoms with E-state index in [9.17, 15) is 18.4 Å². The number of para-hydroxylation sites is 1. The van der Waals surface area contributed by atoms with Crippen LogP contribution in [0.25, 0.3) is 11.1 Å². The number of halogens is 2. The molecular formula is C19H18F2N4O3S. The molecule has 0 aliphatic carbocycles. The maximum absolute atomic E-state index is 14.0. The van der Waals surface area contributed by atoms with Crippen molar-refractivity contribution in [1.82, 2.24) is 15.2 Å². The molecule has 1 N–H and O–H groups in total. The largest absolute Gasteiger partial charge is 0.423 e. The predicted octanol–water partition coefficient (Wildman–Crippen LogP) is 2.64. The number of carbonyl (C=O) groups excluding carboxylic acids is 2. The summed E-state index contributed by atoms with van der Waals surface area (Å²) in [4.78, 5) is 32.2. The lowest BCUT2D eigenvalue weighted by Gasteiger charge is -2.28. The fraction of sp³-hybridized carbons (Fsp3) is 0.316. The third-order valence-electron chi connectivity index (χ3n) is 4.68. The number of anilines is 1. The van der Waals surface area contributed by atoms with Gasteiger partial charge in [0.1, 0.15) is 16.2 Å². The number of fused-ring (bicyclic) bond motifs is 1. The lowest BCUT2D eigenvalue weighted by atomic mass is 10.3. The van der Waals surface area contributed by atoms with Gasteiger partial charge in [-0.3, -0.25) is 9.59 Å². The van der Waals surface area contributed by atoms with E-state index in [0.29, 0.717) is 25.2 Å². The molecular weight excluding hydrogens is 402 g/mol. The Hall–Kier alpha value is -3.01. The highest BCUT2D eigenvalue weighted by atomic mass is 32.1. The van der Waals surface area contributed by atoms with Gasteiger partial charge in [-0.1, -0.05) is 6.07 Å². The van der Waals surface area contributed by atoms with Crippen molar-refractivity contribution in [3.05, 3.63) is 46.2 Å². The molecule has 10 heteroatoms. The van der Waals surface area contributed by atoms with Crippen molar-refractivity contribution in [2.24, 2.45) is 0 Å². The van der Waals surface area contributed by atoms with Gasteiger partial charge in [-0.25, -0.2) is 8.78 Å². The Balaban J connectivity index is 1.58. The van der Waals surface area contributed by atoms with Gasteiger partial charge >= 0.3 is 0 Å². The monoisotopic (exact) mass is 420 g/mol. The summed E-state index contributed by atoms with van der Waals surface area (Å²) in [7, 11) is 0. The molecule has 0 spiro atoms. The Labute approximate surface area is 168 Å². The lowest BCUT2D eigenvalue weighted by molar-refractivity contribution is -0.121. The van der Waals surface area contributed by atoms with Crippen molar-refractivity contribution >= 4 is 40.3 Å². The van der Waals surface area contributed by atoms with Crippen LogP contribution in [0.1, 0.15) is 16.1 Å². The molecule has 29 heavy (non-hydrogen) atoms. The minimum atomic E-state index is -0.576. The first-order valence-corrected chi connectivity index (χ1v) is 10.00. The molecule has 3 aromatic rings. The Morgan fingerprint density at radius 1 is 1.14 bits per heavy atom. The van der Waals surface area contributed by atoms with Crippen molar-refractivity contribution in [3.63, 3.8) is 0 Å². The van der Waals surface area contributed by atoms with Crippen LogP contribution < -0.4 is 10.2 Å². The molecule has 0 unspecified atom stereocenters. The van der Waals surface area contributed by atoms with Crippen molar-refractivity contribution in [2.45, 2.75) is 6.42 Å². The van der Waals surface area contributed by atoms with E-state index in [1.165, 1.54) is 28.5 Å². The second-order valence-electron chi connectivity index (χ2n) is 6.56. The first kappa shape index (κ1) is 19.3. The van der Waals surface area contributed by atoms with Crippen molar-refractivity contribution in [2.75, 3.05) is 37.6 Å². The Kier molecular flexibility index (Phi) is 5.43. The second-order valence-corrected chi connectivity index (χ2v) is 7.48. The van der Waals surface area contributed by atoms with Gasteiger partial charge in [-0.05, 0) is 23.6 Å². The minimum absolute atomic E-state index is 0.0120. The zero-order valence-electron chi connectivity index (χ0n) is 15.4. The molecule has 1 fully saturated rings. The van der Waals surface area contributed by atoms with Crippen LogP contribution in [-0.4, -0.2) is 54.4 Å². The number of carbonyl (C=O) groups is 2. The number of thiophene rings is 1. The third-order valence-corrected chi connectivity index (χ3v) is 5.56. The summed E-state index contributed by atoms with van der Waals surface area (Å²) in [6.45, 7) is 1.47. The highest BCUT2D eigenvalue weighted by Gasteiger charge is 2.24. The van der Waals surface area contributed by atoms with Crippen LogP contribution in [0.2, 0.25) is 0 Å². The fourth-order valence-electron chi connectivity index (χ4n) is 3.14. The minimum Gasteiger partial charge on any atom is -0.423 e. The first-order chi connectivity index (χ1) is 14.0. The quantitative estimate of drug-likeness (QED) is 0.690. The Morgan fingerprint density at radius 3 is 2.76 bits per heavy atom. The van der Waals surface area contributed by atoms with E-state index < -0.39 is 17.5 Å². The van der Waals surface area contributed by atoms with Gasteiger partial charge in [0.2, 0.25) is 5.91 Å². The highest BCUT2D eigenvalue weighted by molar-refractivity contribution is 7.12. The lowest BCUT2D eigenvalue weighted by Crippen LogP contribution is -2.45. The van der Waals surface area contributed by atoms with Gasteiger partial charge in [0.25, 0.3) is 11.9 Å². The predicted molar refractivity (Wildman–Crippen MR) is 104 cm³/mol. The second kappa shape index (κ2) is 8.16. The third kappa shape index (κ3) is 4.07. The van der Waals surface area contributed by atoms with E-state index in [1.807, 2.05) is 0 Å². The van der Waals surface area contributed by atoms with Crippen LogP contribution in [-0.2, 0) is 4.79 Å². The highest BCUT2D eigenvalue weighted by Crippen LogP contribution is 2.24.